The van der Waals surface area contributed by atoms with E-state index in [-0.39, 0.29) is 18.2 Å². The second kappa shape index (κ2) is 19.2. The maximum atomic E-state index is 14.2. The van der Waals surface area contributed by atoms with Gasteiger partial charge in [-0.05, 0) is 86.2 Å². The lowest BCUT2D eigenvalue weighted by molar-refractivity contribution is -0.116. The van der Waals surface area contributed by atoms with E-state index in [9.17, 15) is 19.2 Å². The van der Waals surface area contributed by atoms with Crippen molar-refractivity contribution < 1.29 is 38.1 Å². The van der Waals surface area contributed by atoms with E-state index in [1.807, 2.05) is 36.4 Å². The zero-order chi connectivity index (χ0) is 40.3. The highest BCUT2D eigenvalue weighted by atomic mass is 32.2. The second-order valence-corrected chi connectivity index (χ2v) is 15.1. The van der Waals surface area contributed by atoms with E-state index in [0.29, 0.717) is 49.5 Å². The molecule has 0 aliphatic heterocycles. The first kappa shape index (κ1) is 40.6. The molecule has 0 saturated heterocycles. The molecule has 0 saturated carbocycles. The number of benzene rings is 4. The summed E-state index contributed by atoms with van der Waals surface area (Å²) in [6.07, 6.45) is 5.12. The number of ether oxygens (including phenoxy) is 4. The minimum atomic E-state index is -0.718. The number of thioether (sulfide) groups is 1. The van der Waals surface area contributed by atoms with Gasteiger partial charge in [-0.2, -0.15) is 0 Å². The fourth-order valence-corrected chi connectivity index (χ4v) is 8.76. The number of carbonyl (C=O) groups is 4. The molecule has 6 rings (SSSR count). The molecule has 0 radical (unpaired) electrons. The summed E-state index contributed by atoms with van der Waals surface area (Å²) < 4.78 is 21.9. The Morgan fingerprint density at radius 1 is 0.789 bits per heavy atom. The maximum Gasteiger partial charge on any atom is 0.341 e. The summed E-state index contributed by atoms with van der Waals surface area (Å²) in [5, 5.41) is 8.52. The average Bonchev–Trinajstić information content (AvgIpc) is 3.60. The number of rotatable bonds is 15. The number of amides is 3. The number of fused-ring (bicyclic) bond motifs is 1. The number of esters is 1. The van der Waals surface area contributed by atoms with Crippen LogP contribution in [-0.4, -0.2) is 51.6 Å². The van der Waals surface area contributed by atoms with Gasteiger partial charge in [0.25, 0.3) is 11.8 Å². The van der Waals surface area contributed by atoms with Crippen molar-refractivity contribution in [3.63, 3.8) is 0 Å². The lowest BCUT2D eigenvalue weighted by Gasteiger charge is -2.18. The van der Waals surface area contributed by atoms with Crippen molar-refractivity contribution >= 4 is 63.6 Å². The van der Waals surface area contributed by atoms with Crippen molar-refractivity contribution in [3.8, 4) is 17.2 Å². The van der Waals surface area contributed by atoms with Crippen LogP contribution in [0.3, 0.4) is 0 Å². The van der Waals surface area contributed by atoms with E-state index in [1.54, 1.807) is 67.6 Å². The number of carbonyl (C=O) groups excluding carboxylic acids is 4. The van der Waals surface area contributed by atoms with Gasteiger partial charge in [-0.3, -0.25) is 14.4 Å². The van der Waals surface area contributed by atoms with Gasteiger partial charge in [-0.15, -0.1) is 23.1 Å². The molecule has 1 aliphatic carbocycles. The molecule has 1 aliphatic rings. The predicted octanol–water partition coefficient (Wildman–Crippen LogP) is 8.71. The van der Waals surface area contributed by atoms with Crippen LogP contribution in [0.1, 0.15) is 67.3 Å². The zero-order valence-corrected chi connectivity index (χ0v) is 33.6. The largest absolute Gasteiger partial charge is 0.496 e. The SMILES string of the molecule is CCOC(=O)c1c(NC(=O)C(Sc2cccc(NC(=O)/C(=C\c3cc(OC)c(OC)cc3OC)NC(=O)c3ccccc3)c2)c2ccccc2)sc2c1CCCC2. The first-order valence-corrected chi connectivity index (χ1v) is 20.1. The highest BCUT2D eigenvalue weighted by Crippen LogP contribution is 2.42. The minimum Gasteiger partial charge on any atom is -0.496 e. The smallest absolute Gasteiger partial charge is 0.341 e. The molecule has 11 nitrogen and oxygen atoms in total. The Hall–Kier alpha value is -6.05. The van der Waals surface area contributed by atoms with Gasteiger partial charge in [-0.1, -0.05) is 54.6 Å². The summed E-state index contributed by atoms with van der Waals surface area (Å²) in [5.41, 5.74) is 3.33. The Morgan fingerprint density at radius 3 is 2.18 bits per heavy atom. The second-order valence-electron chi connectivity index (χ2n) is 12.8. The molecule has 1 unspecified atom stereocenters. The number of hydrogen-bond donors (Lipinski definition) is 3. The van der Waals surface area contributed by atoms with Crippen LogP contribution >= 0.6 is 23.1 Å². The molecule has 1 heterocycles. The van der Waals surface area contributed by atoms with Gasteiger partial charge in [0.05, 0.1) is 33.5 Å². The fourth-order valence-electron chi connectivity index (χ4n) is 6.40. The van der Waals surface area contributed by atoms with Crippen molar-refractivity contribution in [1.29, 1.82) is 0 Å². The molecule has 3 amide bonds. The third-order valence-corrected chi connectivity index (χ3v) is 11.6. The minimum absolute atomic E-state index is 0.0648. The van der Waals surface area contributed by atoms with Crippen LogP contribution in [0.4, 0.5) is 10.7 Å². The maximum absolute atomic E-state index is 14.2. The third-order valence-electron chi connectivity index (χ3n) is 9.14. The molecule has 1 atom stereocenters. The Bertz CT molecular complexity index is 2270. The summed E-state index contributed by atoms with van der Waals surface area (Å²) >= 11 is 2.74. The number of thiophene rings is 1. The molecule has 0 spiro atoms. The predicted molar refractivity (Wildman–Crippen MR) is 224 cm³/mol. The summed E-state index contributed by atoms with van der Waals surface area (Å²) in [5.74, 6) is -0.626. The number of anilines is 2. The van der Waals surface area contributed by atoms with Gasteiger partial charge in [0.1, 0.15) is 21.7 Å². The molecular weight excluding hydrogens is 763 g/mol. The van der Waals surface area contributed by atoms with E-state index in [1.165, 1.54) is 50.5 Å². The van der Waals surface area contributed by atoms with Crippen molar-refractivity contribution in [3.05, 3.63) is 135 Å². The number of methoxy groups -OCH3 is 3. The molecule has 1 aromatic heterocycles. The highest BCUT2D eigenvalue weighted by molar-refractivity contribution is 8.00. The number of aryl methyl sites for hydroxylation is 1. The normalized spacial score (nSPS) is 12.7. The van der Waals surface area contributed by atoms with Crippen LogP contribution in [0.15, 0.2) is 108 Å². The Balaban J connectivity index is 1.29. The topological polar surface area (TPSA) is 141 Å². The summed E-state index contributed by atoms with van der Waals surface area (Å²) in [4.78, 5) is 56.6. The van der Waals surface area contributed by atoms with E-state index < -0.39 is 23.0 Å². The monoisotopic (exact) mass is 805 g/mol. The first-order valence-electron chi connectivity index (χ1n) is 18.4. The lowest BCUT2D eigenvalue weighted by Crippen LogP contribution is -2.30. The number of nitrogens with one attached hydrogen (secondary N) is 3. The van der Waals surface area contributed by atoms with Crippen molar-refractivity contribution in [2.75, 3.05) is 38.6 Å². The molecular formula is C44H43N3O8S2. The van der Waals surface area contributed by atoms with Gasteiger partial charge < -0.3 is 34.9 Å². The van der Waals surface area contributed by atoms with Crippen molar-refractivity contribution in [2.24, 2.45) is 0 Å². The third kappa shape index (κ3) is 9.86. The van der Waals surface area contributed by atoms with Gasteiger partial charge in [-0.25, -0.2) is 4.79 Å². The van der Waals surface area contributed by atoms with Crippen LogP contribution in [0.25, 0.3) is 6.08 Å². The zero-order valence-electron chi connectivity index (χ0n) is 32.0. The number of hydrogen-bond acceptors (Lipinski definition) is 10. The summed E-state index contributed by atoms with van der Waals surface area (Å²) in [7, 11) is 4.49. The van der Waals surface area contributed by atoms with E-state index in [0.717, 1.165) is 41.7 Å². The molecule has 57 heavy (non-hydrogen) atoms. The quantitative estimate of drug-likeness (QED) is 0.0538. The summed E-state index contributed by atoms with van der Waals surface area (Å²) in [6, 6.07) is 28.3. The summed E-state index contributed by atoms with van der Waals surface area (Å²) in [6.45, 7) is 1.99. The molecule has 0 fully saturated rings. The Kier molecular flexibility index (Phi) is 13.7. The van der Waals surface area contributed by atoms with E-state index >= 15 is 0 Å². The average molecular weight is 806 g/mol. The van der Waals surface area contributed by atoms with Crippen LogP contribution in [0.2, 0.25) is 0 Å². The Labute approximate surface area is 339 Å². The van der Waals surface area contributed by atoms with Gasteiger partial charge in [0, 0.05) is 32.7 Å². The van der Waals surface area contributed by atoms with E-state index in [4.69, 9.17) is 18.9 Å². The van der Waals surface area contributed by atoms with Crippen molar-refractivity contribution in [2.45, 2.75) is 42.8 Å². The molecule has 5 aromatic rings. The first-order chi connectivity index (χ1) is 27.7. The standard InChI is InChI=1S/C44H43N3O8S2/c1-5-55-44(51)38-32-21-12-13-22-37(32)57-43(38)47-42(50)39(27-15-8-6-9-16-27)56-31-20-14-19-30(25-31)45-41(49)33(46-40(48)28-17-10-7-11-18-28)23-29-24-35(53-3)36(54-4)26-34(29)52-2/h6-11,14-20,23-26,39H,5,12-13,21-22H2,1-4H3,(H,45,49)(H,46,48)(H,47,50)/b33-23+. The van der Waals surface area contributed by atoms with Crippen LogP contribution in [0.5, 0.6) is 17.2 Å². The highest BCUT2D eigenvalue weighted by Gasteiger charge is 2.30. The lowest BCUT2D eigenvalue weighted by atomic mass is 9.95. The molecule has 4 aromatic carbocycles. The van der Waals surface area contributed by atoms with Crippen LogP contribution in [0, 0.1) is 0 Å². The molecule has 3 N–H and O–H groups in total. The molecule has 0 bridgehead atoms. The van der Waals surface area contributed by atoms with Crippen LogP contribution < -0.4 is 30.2 Å². The molecule has 13 heteroatoms. The van der Waals surface area contributed by atoms with E-state index in [2.05, 4.69) is 16.0 Å². The van der Waals surface area contributed by atoms with Crippen LogP contribution in [-0.2, 0) is 27.2 Å². The Morgan fingerprint density at radius 2 is 1.47 bits per heavy atom. The van der Waals surface area contributed by atoms with Gasteiger partial charge >= 0.3 is 5.97 Å². The van der Waals surface area contributed by atoms with Gasteiger partial charge in [0.2, 0.25) is 5.91 Å². The van der Waals surface area contributed by atoms with Crippen molar-refractivity contribution in [1.82, 2.24) is 5.32 Å². The fraction of sp³-hybridized carbons (Fsp3) is 0.227. The van der Waals surface area contributed by atoms with Gasteiger partial charge in [0.15, 0.2) is 11.5 Å². The molecule has 294 valence electrons.